The number of likely N-dealkylation sites (tertiary alicyclic amines) is 1. The Morgan fingerprint density at radius 2 is 2.16 bits per heavy atom. The standard InChI is InChI=1S/C19H26N4OS/c1-3-15-8-7-11-22(12-15)18(24)13-25-19-21-20-14-23(19)17-10-6-5-9-16(17)4-2/h5-6,9-10,14-15H,3-4,7-8,11-13H2,1-2H3. The first-order chi connectivity index (χ1) is 12.2. The molecule has 1 aromatic carbocycles. The molecule has 134 valence electrons. The van der Waals surface area contributed by atoms with E-state index < -0.39 is 0 Å². The second-order valence-electron chi connectivity index (χ2n) is 6.51. The molecular weight excluding hydrogens is 332 g/mol. The zero-order chi connectivity index (χ0) is 17.6. The van der Waals surface area contributed by atoms with Crippen LogP contribution in [0.2, 0.25) is 0 Å². The molecule has 2 heterocycles. The first-order valence-electron chi connectivity index (χ1n) is 9.11. The molecule has 1 unspecified atom stereocenters. The van der Waals surface area contributed by atoms with Gasteiger partial charge in [0.05, 0.1) is 11.4 Å². The van der Waals surface area contributed by atoms with E-state index in [0.717, 1.165) is 43.2 Å². The smallest absolute Gasteiger partial charge is 0.233 e. The van der Waals surface area contributed by atoms with E-state index >= 15 is 0 Å². The number of nitrogens with zero attached hydrogens (tertiary/aromatic N) is 4. The molecular formula is C19H26N4OS. The first-order valence-corrected chi connectivity index (χ1v) is 10.1. The number of aryl methyl sites for hydroxylation is 1. The number of rotatable bonds is 6. The van der Waals surface area contributed by atoms with E-state index in [0.29, 0.717) is 11.7 Å². The average molecular weight is 359 g/mol. The molecule has 0 radical (unpaired) electrons. The number of carbonyl (C=O) groups is 1. The number of piperidine rings is 1. The molecule has 1 aromatic heterocycles. The molecule has 0 aliphatic carbocycles. The number of para-hydroxylation sites is 1. The number of aromatic nitrogens is 3. The van der Waals surface area contributed by atoms with Crippen molar-refractivity contribution in [3.8, 4) is 5.69 Å². The summed E-state index contributed by atoms with van der Waals surface area (Å²) in [5.74, 6) is 1.29. The molecule has 5 nitrogen and oxygen atoms in total. The van der Waals surface area contributed by atoms with Gasteiger partial charge in [-0.15, -0.1) is 10.2 Å². The van der Waals surface area contributed by atoms with Crippen molar-refractivity contribution < 1.29 is 4.79 Å². The van der Waals surface area contributed by atoms with E-state index in [1.807, 2.05) is 21.6 Å². The van der Waals surface area contributed by atoms with Crippen molar-refractivity contribution in [3.05, 3.63) is 36.2 Å². The van der Waals surface area contributed by atoms with Gasteiger partial charge in [-0.3, -0.25) is 9.36 Å². The topological polar surface area (TPSA) is 51.0 Å². The quantitative estimate of drug-likeness (QED) is 0.741. The normalized spacial score (nSPS) is 17.7. The highest BCUT2D eigenvalue weighted by Gasteiger charge is 2.23. The maximum atomic E-state index is 12.6. The number of benzene rings is 1. The van der Waals surface area contributed by atoms with E-state index in [1.165, 1.54) is 23.7 Å². The fourth-order valence-corrected chi connectivity index (χ4v) is 4.20. The van der Waals surface area contributed by atoms with Crippen molar-refractivity contribution in [2.24, 2.45) is 5.92 Å². The third kappa shape index (κ3) is 4.24. The largest absolute Gasteiger partial charge is 0.342 e. The van der Waals surface area contributed by atoms with Gasteiger partial charge >= 0.3 is 0 Å². The molecule has 2 aromatic rings. The third-order valence-electron chi connectivity index (χ3n) is 4.92. The van der Waals surface area contributed by atoms with E-state index in [4.69, 9.17) is 0 Å². The first kappa shape index (κ1) is 18.0. The van der Waals surface area contributed by atoms with Crippen molar-refractivity contribution in [2.75, 3.05) is 18.8 Å². The Morgan fingerprint density at radius 1 is 1.32 bits per heavy atom. The van der Waals surface area contributed by atoms with Crippen LogP contribution in [0.4, 0.5) is 0 Å². The molecule has 1 amide bonds. The van der Waals surface area contributed by atoms with Gasteiger partial charge in [0, 0.05) is 13.1 Å². The van der Waals surface area contributed by atoms with Crippen LogP contribution in [-0.4, -0.2) is 44.4 Å². The molecule has 3 rings (SSSR count). The lowest BCUT2D eigenvalue weighted by Gasteiger charge is -2.32. The minimum absolute atomic E-state index is 0.210. The van der Waals surface area contributed by atoms with Crippen LogP contribution in [0.1, 0.15) is 38.7 Å². The number of hydrogen-bond acceptors (Lipinski definition) is 4. The van der Waals surface area contributed by atoms with Crippen molar-refractivity contribution in [1.29, 1.82) is 0 Å². The monoisotopic (exact) mass is 358 g/mol. The lowest BCUT2D eigenvalue weighted by Crippen LogP contribution is -2.40. The van der Waals surface area contributed by atoms with Crippen LogP contribution >= 0.6 is 11.8 Å². The van der Waals surface area contributed by atoms with Crippen molar-refractivity contribution >= 4 is 17.7 Å². The molecule has 1 atom stereocenters. The van der Waals surface area contributed by atoms with Gasteiger partial charge in [0.25, 0.3) is 0 Å². The van der Waals surface area contributed by atoms with Crippen LogP contribution in [-0.2, 0) is 11.2 Å². The molecule has 25 heavy (non-hydrogen) atoms. The molecule has 0 saturated carbocycles. The molecule has 1 aliphatic heterocycles. The predicted octanol–water partition coefficient (Wildman–Crippen LogP) is 3.57. The average Bonchev–Trinajstić information content (AvgIpc) is 3.14. The third-order valence-corrected chi connectivity index (χ3v) is 5.85. The zero-order valence-electron chi connectivity index (χ0n) is 15.0. The van der Waals surface area contributed by atoms with Crippen LogP contribution in [0.3, 0.4) is 0 Å². The van der Waals surface area contributed by atoms with E-state index in [9.17, 15) is 4.79 Å². The molecule has 0 N–H and O–H groups in total. The minimum atomic E-state index is 0.210. The number of hydrogen-bond donors (Lipinski definition) is 0. The Balaban J connectivity index is 1.67. The van der Waals surface area contributed by atoms with E-state index in [-0.39, 0.29) is 5.91 Å². The van der Waals surface area contributed by atoms with Crippen LogP contribution in [0.5, 0.6) is 0 Å². The van der Waals surface area contributed by atoms with Gasteiger partial charge in [0.2, 0.25) is 5.91 Å². The Morgan fingerprint density at radius 3 is 2.96 bits per heavy atom. The molecule has 1 aliphatic rings. The molecule has 1 fully saturated rings. The second-order valence-corrected chi connectivity index (χ2v) is 7.45. The minimum Gasteiger partial charge on any atom is -0.342 e. The van der Waals surface area contributed by atoms with Gasteiger partial charge in [0.1, 0.15) is 6.33 Å². The summed E-state index contributed by atoms with van der Waals surface area (Å²) in [6, 6.07) is 8.26. The lowest BCUT2D eigenvalue weighted by molar-refractivity contribution is -0.130. The SMILES string of the molecule is CCc1ccccc1-n1cnnc1SCC(=O)N1CCCC(CC)C1. The highest BCUT2D eigenvalue weighted by molar-refractivity contribution is 7.99. The highest BCUT2D eigenvalue weighted by Crippen LogP contribution is 2.24. The van der Waals surface area contributed by atoms with Gasteiger partial charge in [-0.2, -0.15) is 0 Å². The van der Waals surface area contributed by atoms with Crippen molar-refractivity contribution in [1.82, 2.24) is 19.7 Å². The lowest BCUT2D eigenvalue weighted by atomic mass is 9.96. The summed E-state index contributed by atoms with van der Waals surface area (Å²) < 4.78 is 1.99. The number of thioether (sulfide) groups is 1. The Labute approximate surface area is 153 Å². The molecule has 6 heteroatoms. The maximum Gasteiger partial charge on any atom is 0.233 e. The number of amides is 1. The fraction of sp³-hybridized carbons (Fsp3) is 0.526. The zero-order valence-corrected chi connectivity index (χ0v) is 15.8. The van der Waals surface area contributed by atoms with E-state index in [1.54, 1.807) is 6.33 Å². The highest BCUT2D eigenvalue weighted by atomic mass is 32.2. The Hall–Kier alpha value is -1.82. The summed E-state index contributed by atoms with van der Waals surface area (Å²) >= 11 is 1.48. The Bertz CT molecular complexity index is 715. The van der Waals surface area contributed by atoms with Crippen LogP contribution < -0.4 is 0 Å². The summed E-state index contributed by atoms with van der Waals surface area (Å²) in [4.78, 5) is 14.6. The molecule has 0 spiro atoms. The fourth-order valence-electron chi connectivity index (χ4n) is 3.38. The van der Waals surface area contributed by atoms with Crippen LogP contribution in [0.15, 0.2) is 35.7 Å². The van der Waals surface area contributed by atoms with Crippen LogP contribution in [0, 0.1) is 5.92 Å². The summed E-state index contributed by atoms with van der Waals surface area (Å²) in [7, 11) is 0. The molecule has 1 saturated heterocycles. The van der Waals surface area contributed by atoms with Gasteiger partial charge < -0.3 is 4.90 Å². The van der Waals surface area contributed by atoms with Gasteiger partial charge in [-0.05, 0) is 36.8 Å². The summed E-state index contributed by atoms with van der Waals surface area (Å²) in [5, 5.41) is 9.05. The Kier molecular flexibility index (Phi) is 6.13. The van der Waals surface area contributed by atoms with Gasteiger partial charge in [0.15, 0.2) is 5.16 Å². The summed E-state index contributed by atoms with van der Waals surface area (Å²) in [6.45, 7) is 6.14. The van der Waals surface area contributed by atoms with Crippen LogP contribution in [0.25, 0.3) is 5.69 Å². The van der Waals surface area contributed by atoms with E-state index in [2.05, 4.69) is 36.2 Å². The summed E-state index contributed by atoms with van der Waals surface area (Å²) in [5.41, 5.74) is 2.34. The van der Waals surface area contributed by atoms with Gasteiger partial charge in [-0.25, -0.2) is 0 Å². The number of carbonyl (C=O) groups excluding carboxylic acids is 1. The maximum absolute atomic E-state index is 12.6. The summed E-state index contributed by atoms with van der Waals surface area (Å²) in [6.07, 6.45) is 6.20. The molecule has 0 bridgehead atoms. The van der Waals surface area contributed by atoms with Gasteiger partial charge in [-0.1, -0.05) is 50.2 Å². The van der Waals surface area contributed by atoms with Crippen molar-refractivity contribution in [3.63, 3.8) is 0 Å². The second kappa shape index (κ2) is 8.52. The predicted molar refractivity (Wildman–Crippen MR) is 101 cm³/mol. The van der Waals surface area contributed by atoms with Crippen molar-refractivity contribution in [2.45, 2.75) is 44.7 Å².